The topological polar surface area (TPSA) is 75.9 Å². The van der Waals surface area contributed by atoms with E-state index in [1.54, 1.807) is 28.4 Å². The van der Waals surface area contributed by atoms with Crippen molar-refractivity contribution >= 4 is 17.2 Å². The number of hydrogen-bond acceptors (Lipinski definition) is 6. The molecule has 4 heterocycles. The molecule has 4 aromatic rings. The SMILES string of the molecule is Cc1c(C(=O)NC2CCCN(Cc3ccccc3)C2)cnn1-c1nccc(-c2cccs2)n1. The molecule has 0 bridgehead atoms. The second kappa shape index (κ2) is 9.64. The number of aromatic nitrogens is 4. The average molecular weight is 459 g/mol. The van der Waals surface area contributed by atoms with Crippen LogP contribution in [0.25, 0.3) is 16.5 Å². The zero-order chi connectivity index (χ0) is 22.6. The molecule has 0 radical (unpaired) electrons. The van der Waals surface area contributed by atoms with Gasteiger partial charge < -0.3 is 5.32 Å². The number of benzene rings is 1. The van der Waals surface area contributed by atoms with E-state index in [0.29, 0.717) is 11.5 Å². The quantitative estimate of drug-likeness (QED) is 0.471. The van der Waals surface area contributed by atoms with Crippen LogP contribution >= 0.6 is 11.3 Å². The Labute approximate surface area is 197 Å². The van der Waals surface area contributed by atoms with Gasteiger partial charge in [0, 0.05) is 25.3 Å². The highest BCUT2D eigenvalue weighted by molar-refractivity contribution is 7.13. The number of thiophene rings is 1. The van der Waals surface area contributed by atoms with Crippen LogP contribution in [0.2, 0.25) is 0 Å². The number of hydrogen-bond donors (Lipinski definition) is 1. The molecule has 3 aromatic heterocycles. The summed E-state index contributed by atoms with van der Waals surface area (Å²) in [7, 11) is 0. The van der Waals surface area contributed by atoms with Crippen molar-refractivity contribution in [1.82, 2.24) is 30.0 Å². The number of carbonyl (C=O) groups excluding carboxylic acids is 1. The Bertz CT molecular complexity index is 1220. The van der Waals surface area contributed by atoms with E-state index in [4.69, 9.17) is 0 Å². The number of amides is 1. The van der Waals surface area contributed by atoms with Gasteiger partial charge in [-0.05, 0) is 49.4 Å². The van der Waals surface area contributed by atoms with Gasteiger partial charge in [0.05, 0.1) is 28.0 Å². The van der Waals surface area contributed by atoms with Crippen LogP contribution in [0.15, 0.2) is 66.3 Å². The second-order valence-electron chi connectivity index (χ2n) is 8.31. The van der Waals surface area contributed by atoms with E-state index in [9.17, 15) is 4.79 Å². The third-order valence-corrected chi connectivity index (χ3v) is 6.84. The molecule has 0 saturated carbocycles. The molecule has 1 saturated heterocycles. The third-order valence-electron chi connectivity index (χ3n) is 5.95. The molecule has 1 aliphatic rings. The molecule has 1 aromatic carbocycles. The minimum atomic E-state index is -0.0975. The van der Waals surface area contributed by atoms with Crippen LogP contribution in [0, 0.1) is 6.92 Å². The standard InChI is InChI=1S/C25H26N6OS/c1-18-21(15-27-31(18)25-26-12-11-22(29-25)23-10-6-14-33-23)24(32)28-20-9-5-13-30(17-20)16-19-7-3-2-4-8-19/h2-4,6-8,10-12,14-15,20H,5,9,13,16-17H2,1H3,(H,28,32). The lowest BCUT2D eigenvalue weighted by Crippen LogP contribution is -2.47. The Kier molecular flexibility index (Phi) is 6.28. The molecule has 1 unspecified atom stereocenters. The Morgan fingerprint density at radius 1 is 1.18 bits per heavy atom. The minimum Gasteiger partial charge on any atom is -0.348 e. The van der Waals surface area contributed by atoms with Crippen molar-refractivity contribution in [3.05, 3.63) is 83.1 Å². The molecular formula is C25H26N6OS. The molecule has 1 N–H and O–H groups in total. The molecule has 0 spiro atoms. The van der Waals surface area contributed by atoms with Crippen LogP contribution in [0.5, 0.6) is 0 Å². The summed E-state index contributed by atoms with van der Waals surface area (Å²) in [4.78, 5) is 25.6. The van der Waals surface area contributed by atoms with Gasteiger partial charge in [0.2, 0.25) is 0 Å². The smallest absolute Gasteiger partial charge is 0.255 e. The minimum absolute atomic E-state index is 0.0975. The van der Waals surface area contributed by atoms with Gasteiger partial charge in [-0.1, -0.05) is 36.4 Å². The summed E-state index contributed by atoms with van der Waals surface area (Å²) in [5, 5.41) is 9.65. The van der Waals surface area contributed by atoms with Crippen molar-refractivity contribution in [3.8, 4) is 16.5 Å². The summed E-state index contributed by atoms with van der Waals surface area (Å²) in [5.41, 5.74) is 3.43. The van der Waals surface area contributed by atoms with Crippen LogP contribution in [0.1, 0.15) is 34.5 Å². The fourth-order valence-corrected chi connectivity index (χ4v) is 4.96. The van der Waals surface area contributed by atoms with Crippen LogP contribution in [-0.2, 0) is 6.54 Å². The lowest BCUT2D eigenvalue weighted by atomic mass is 10.0. The van der Waals surface area contributed by atoms with Gasteiger partial charge >= 0.3 is 0 Å². The van der Waals surface area contributed by atoms with Crippen molar-refractivity contribution in [3.63, 3.8) is 0 Å². The lowest BCUT2D eigenvalue weighted by Gasteiger charge is -2.33. The summed E-state index contributed by atoms with van der Waals surface area (Å²) in [6.07, 6.45) is 5.38. The Morgan fingerprint density at radius 3 is 2.88 bits per heavy atom. The first-order chi connectivity index (χ1) is 16.2. The maximum atomic E-state index is 13.1. The maximum Gasteiger partial charge on any atom is 0.255 e. The van der Waals surface area contributed by atoms with E-state index in [1.807, 2.05) is 36.6 Å². The molecule has 0 aliphatic carbocycles. The van der Waals surface area contributed by atoms with Crippen molar-refractivity contribution < 1.29 is 4.79 Å². The van der Waals surface area contributed by atoms with E-state index in [1.165, 1.54) is 5.56 Å². The fourth-order valence-electron chi connectivity index (χ4n) is 4.27. The van der Waals surface area contributed by atoms with E-state index in [0.717, 1.165) is 48.7 Å². The van der Waals surface area contributed by atoms with Crippen LogP contribution in [-0.4, -0.2) is 49.7 Å². The van der Waals surface area contributed by atoms with Gasteiger partial charge in [-0.3, -0.25) is 9.69 Å². The van der Waals surface area contributed by atoms with Crippen LogP contribution in [0.3, 0.4) is 0 Å². The van der Waals surface area contributed by atoms with Crippen molar-refractivity contribution in [2.75, 3.05) is 13.1 Å². The van der Waals surface area contributed by atoms with Gasteiger partial charge in [-0.2, -0.15) is 5.10 Å². The zero-order valence-corrected chi connectivity index (χ0v) is 19.3. The van der Waals surface area contributed by atoms with Gasteiger partial charge in [-0.25, -0.2) is 14.6 Å². The molecule has 168 valence electrons. The normalized spacial score (nSPS) is 16.6. The first kappa shape index (κ1) is 21.5. The molecule has 5 rings (SSSR count). The number of piperidine rings is 1. The molecule has 1 amide bonds. The van der Waals surface area contributed by atoms with Gasteiger partial charge in [-0.15, -0.1) is 11.3 Å². The first-order valence-corrected chi connectivity index (χ1v) is 12.0. The largest absolute Gasteiger partial charge is 0.348 e. The second-order valence-corrected chi connectivity index (χ2v) is 9.26. The molecule has 7 nitrogen and oxygen atoms in total. The average Bonchev–Trinajstić information content (AvgIpc) is 3.50. The third kappa shape index (κ3) is 4.86. The van der Waals surface area contributed by atoms with Crippen molar-refractivity contribution in [2.24, 2.45) is 0 Å². The number of likely N-dealkylation sites (tertiary alicyclic amines) is 1. The van der Waals surface area contributed by atoms with Gasteiger partial charge in [0.25, 0.3) is 11.9 Å². The number of nitrogens with one attached hydrogen (secondary N) is 1. The molecule has 1 atom stereocenters. The van der Waals surface area contributed by atoms with E-state index >= 15 is 0 Å². The summed E-state index contributed by atoms with van der Waals surface area (Å²) in [6, 6.07) is 16.5. The summed E-state index contributed by atoms with van der Waals surface area (Å²) in [6.45, 7) is 4.68. The maximum absolute atomic E-state index is 13.1. The van der Waals surface area contributed by atoms with Crippen LogP contribution in [0.4, 0.5) is 0 Å². The Morgan fingerprint density at radius 2 is 2.06 bits per heavy atom. The number of carbonyl (C=O) groups is 1. The molecular weight excluding hydrogens is 432 g/mol. The van der Waals surface area contributed by atoms with E-state index < -0.39 is 0 Å². The van der Waals surface area contributed by atoms with E-state index in [-0.39, 0.29) is 11.9 Å². The number of rotatable bonds is 6. The highest BCUT2D eigenvalue weighted by atomic mass is 32.1. The van der Waals surface area contributed by atoms with E-state index in [2.05, 4.69) is 49.5 Å². The molecule has 1 fully saturated rings. The monoisotopic (exact) mass is 458 g/mol. The molecule has 1 aliphatic heterocycles. The number of nitrogens with zero attached hydrogens (tertiary/aromatic N) is 5. The predicted molar refractivity (Wildman–Crippen MR) is 129 cm³/mol. The first-order valence-electron chi connectivity index (χ1n) is 11.2. The fraction of sp³-hybridized carbons (Fsp3) is 0.280. The zero-order valence-electron chi connectivity index (χ0n) is 18.5. The predicted octanol–water partition coefficient (Wildman–Crippen LogP) is 4.09. The lowest BCUT2D eigenvalue weighted by molar-refractivity contribution is 0.0900. The summed E-state index contributed by atoms with van der Waals surface area (Å²) >= 11 is 1.63. The molecule has 33 heavy (non-hydrogen) atoms. The Balaban J connectivity index is 1.27. The van der Waals surface area contributed by atoms with Crippen LogP contribution < -0.4 is 5.32 Å². The van der Waals surface area contributed by atoms with Gasteiger partial charge in [0.15, 0.2) is 0 Å². The molecule has 8 heteroatoms. The Hall–Kier alpha value is -3.36. The highest BCUT2D eigenvalue weighted by Gasteiger charge is 2.24. The van der Waals surface area contributed by atoms with Crippen molar-refractivity contribution in [1.29, 1.82) is 0 Å². The highest BCUT2D eigenvalue weighted by Crippen LogP contribution is 2.23. The summed E-state index contributed by atoms with van der Waals surface area (Å²) < 4.78 is 1.63. The van der Waals surface area contributed by atoms with Crippen molar-refractivity contribution in [2.45, 2.75) is 32.4 Å². The van der Waals surface area contributed by atoms with Gasteiger partial charge in [0.1, 0.15) is 0 Å². The summed E-state index contributed by atoms with van der Waals surface area (Å²) in [5.74, 6) is 0.365.